The zero-order chi connectivity index (χ0) is 19.4. The summed E-state index contributed by atoms with van der Waals surface area (Å²) in [5.74, 6) is 0.483. The van der Waals surface area contributed by atoms with Gasteiger partial charge in [-0.15, -0.1) is 11.8 Å². The molecule has 0 saturated heterocycles. The van der Waals surface area contributed by atoms with Crippen molar-refractivity contribution in [3.8, 4) is 0 Å². The summed E-state index contributed by atoms with van der Waals surface area (Å²) < 4.78 is 11.9. The number of Topliss-reactive ketones (excluding diaryl/α,β-unsaturated/α-hetero) is 1. The van der Waals surface area contributed by atoms with Crippen LogP contribution in [0.4, 0.5) is 0 Å². The molecule has 1 saturated carbocycles. The van der Waals surface area contributed by atoms with Crippen molar-refractivity contribution in [2.45, 2.75) is 68.0 Å². The van der Waals surface area contributed by atoms with Crippen LogP contribution >= 0.6 is 11.8 Å². The Hall–Kier alpha value is -1.04. The summed E-state index contributed by atoms with van der Waals surface area (Å²) >= 11 is 1.78. The number of carbonyl (C=O) groups is 1. The highest BCUT2D eigenvalue weighted by atomic mass is 32.2. The predicted octanol–water partition coefficient (Wildman–Crippen LogP) is 5.68. The Bertz CT molecular complexity index is 622. The van der Waals surface area contributed by atoms with Crippen LogP contribution in [0, 0.1) is 5.92 Å². The number of carbonyl (C=O) groups excluding carboxylic acids is 1. The van der Waals surface area contributed by atoms with E-state index in [1.165, 1.54) is 4.90 Å². The standard InChI is InChI=1S/C21H32O3SSi/c1-21(2,3)26(5,6)24-19-15-16(22)14-18(19)20(12-13-23-4)25-17-10-8-7-9-11-17/h7-13,18-20H,14-15H2,1-6H3/b13-12+/t18-,19-,20?/m1/s1. The van der Waals surface area contributed by atoms with Gasteiger partial charge in [0.05, 0.1) is 19.5 Å². The minimum atomic E-state index is -1.93. The van der Waals surface area contributed by atoms with Crippen LogP contribution in [0.3, 0.4) is 0 Å². The summed E-state index contributed by atoms with van der Waals surface area (Å²) in [5.41, 5.74) is 0. The van der Waals surface area contributed by atoms with Gasteiger partial charge in [0.15, 0.2) is 8.32 Å². The van der Waals surface area contributed by atoms with Crippen LogP contribution in [0.15, 0.2) is 47.6 Å². The SMILES string of the molecule is CO/C=C/C(Sc1ccccc1)[C@@H]1CC(=O)C[C@H]1O[Si](C)(C)C(C)(C)C. The van der Waals surface area contributed by atoms with Crippen molar-refractivity contribution in [1.29, 1.82) is 0 Å². The second-order valence-electron chi connectivity index (χ2n) is 8.49. The molecule has 1 aromatic rings. The summed E-state index contributed by atoms with van der Waals surface area (Å²) in [6, 6.07) is 10.3. The third-order valence-corrected chi connectivity index (χ3v) is 11.3. The van der Waals surface area contributed by atoms with E-state index in [2.05, 4.69) is 52.1 Å². The van der Waals surface area contributed by atoms with Gasteiger partial charge in [0, 0.05) is 28.9 Å². The first kappa shape index (κ1) is 21.3. The average molecular weight is 393 g/mol. The van der Waals surface area contributed by atoms with Gasteiger partial charge >= 0.3 is 0 Å². The average Bonchev–Trinajstić information content (AvgIpc) is 2.91. The predicted molar refractivity (Wildman–Crippen MR) is 112 cm³/mol. The van der Waals surface area contributed by atoms with E-state index in [-0.39, 0.29) is 22.3 Å². The fraction of sp³-hybridized carbons (Fsp3) is 0.571. The zero-order valence-corrected chi connectivity index (χ0v) is 18.6. The monoisotopic (exact) mass is 392 g/mol. The first-order chi connectivity index (χ1) is 12.1. The van der Waals surface area contributed by atoms with Crippen LogP contribution in [0.5, 0.6) is 0 Å². The fourth-order valence-corrected chi connectivity index (χ4v) is 5.53. The molecule has 144 valence electrons. The maximum Gasteiger partial charge on any atom is 0.192 e. The molecule has 5 heteroatoms. The number of hydrogen-bond donors (Lipinski definition) is 0. The van der Waals surface area contributed by atoms with Crippen molar-refractivity contribution < 1.29 is 14.0 Å². The largest absolute Gasteiger partial charge is 0.505 e. The molecule has 1 fully saturated rings. The van der Waals surface area contributed by atoms with Crippen LogP contribution in [0.2, 0.25) is 18.1 Å². The van der Waals surface area contributed by atoms with Gasteiger partial charge in [-0.25, -0.2) is 0 Å². The first-order valence-electron chi connectivity index (χ1n) is 9.25. The second kappa shape index (κ2) is 8.76. The van der Waals surface area contributed by atoms with Crippen molar-refractivity contribution in [3.63, 3.8) is 0 Å². The van der Waals surface area contributed by atoms with Crippen LogP contribution in [-0.4, -0.2) is 32.6 Å². The molecule has 0 radical (unpaired) electrons. The van der Waals surface area contributed by atoms with E-state index in [1.54, 1.807) is 25.1 Å². The van der Waals surface area contributed by atoms with Crippen LogP contribution < -0.4 is 0 Å². The molecule has 1 aromatic carbocycles. The molecule has 0 N–H and O–H groups in total. The molecule has 1 aliphatic carbocycles. The molecule has 0 amide bonds. The van der Waals surface area contributed by atoms with Crippen LogP contribution in [0.1, 0.15) is 33.6 Å². The Balaban J connectivity index is 2.23. The van der Waals surface area contributed by atoms with Gasteiger partial charge in [-0.3, -0.25) is 4.79 Å². The number of thioether (sulfide) groups is 1. The lowest BCUT2D eigenvalue weighted by atomic mass is 10.0. The third kappa shape index (κ3) is 5.48. The van der Waals surface area contributed by atoms with Gasteiger partial charge in [-0.1, -0.05) is 39.0 Å². The van der Waals surface area contributed by atoms with E-state index in [9.17, 15) is 4.79 Å². The van der Waals surface area contributed by atoms with Gasteiger partial charge < -0.3 is 9.16 Å². The highest BCUT2D eigenvalue weighted by Crippen LogP contribution is 2.43. The van der Waals surface area contributed by atoms with Crippen molar-refractivity contribution >= 4 is 25.9 Å². The highest BCUT2D eigenvalue weighted by Gasteiger charge is 2.45. The summed E-state index contributed by atoms with van der Waals surface area (Å²) in [7, 11) is -0.270. The molecule has 3 atom stereocenters. The minimum Gasteiger partial charge on any atom is -0.505 e. The number of benzene rings is 1. The molecule has 0 aromatic heterocycles. The molecule has 26 heavy (non-hydrogen) atoms. The molecule has 1 aliphatic rings. The van der Waals surface area contributed by atoms with E-state index in [0.717, 1.165) is 0 Å². The Labute approximate surface area is 163 Å². The van der Waals surface area contributed by atoms with Crippen LogP contribution in [-0.2, 0) is 14.0 Å². The topological polar surface area (TPSA) is 35.5 Å². The van der Waals surface area contributed by atoms with Crippen molar-refractivity contribution in [2.75, 3.05) is 7.11 Å². The van der Waals surface area contributed by atoms with Gasteiger partial charge in [-0.05, 0) is 36.3 Å². The molecule has 0 spiro atoms. The number of ether oxygens (including phenoxy) is 1. The summed E-state index contributed by atoms with van der Waals surface area (Å²) in [6.45, 7) is 11.2. The Morgan fingerprint density at radius 3 is 2.42 bits per heavy atom. The second-order valence-corrected chi connectivity index (χ2v) is 14.5. The van der Waals surface area contributed by atoms with E-state index in [0.29, 0.717) is 18.6 Å². The molecule has 3 nitrogen and oxygen atoms in total. The van der Waals surface area contributed by atoms with Gasteiger partial charge in [-0.2, -0.15) is 0 Å². The van der Waals surface area contributed by atoms with E-state index in [4.69, 9.17) is 9.16 Å². The lowest BCUT2D eigenvalue weighted by Gasteiger charge is -2.40. The molecule has 2 rings (SSSR count). The lowest BCUT2D eigenvalue weighted by molar-refractivity contribution is -0.117. The van der Waals surface area contributed by atoms with Crippen LogP contribution in [0.25, 0.3) is 0 Å². The number of methoxy groups -OCH3 is 1. The Kier molecular flexibility index (Phi) is 7.17. The van der Waals surface area contributed by atoms with E-state index < -0.39 is 8.32 Å². The number of hydrogen-bond acceptors (Lipinski definition) is 4. The molecule has 0 bridgehead atoms. The fourth-order valence-electron chi connectivity index (χ4n) is 2.95. The molecular formula is C21H32O3SSi. The zero-order valence-electron chi connectivity index (χ0n) is 16.8. The molecule has 1 unspecified atom stereocenters. The maximum absolute atomic E-state index is 12.3. The van der Waals surface area contributed by atoms with Gasteiger partial charge in [0.25, 0.3) is 0 Å². The Morgan fingerprint density at radius 2 is 1.85 bits per heavy atom. The molecule has 0 aliphatic heterocycles. The van der Waals surface area contributed by atoms with Gasteiger partial charge in [0.1, 0.15) is 5.78 Å². The van der Waals surface area contributed by atoms with Gasteiger partial charge in [0.2, 0.25) is 0 Å². The van der Waals surface area contributed by atoms with Crippen molar-refractivity contribution in [1.82, 2.24) is 0 Å². The summed E-state index contributed by atoms with van der Waals surface area (Å²) in [6.07, 6.45) is 4.91. The highest BCUT2D eigenvalue weighted by molar-refractivity contribution is 8.00. The lowest BCUT2D eigenvalue weighted by Crippen LogP contribution is -2.45. The molecular weight excluding hydrogens is 360 g/mol. The first-order valence-corrected chi connectivity index (χ1v) is 13.0. The smallest absolute Gasteiger partial charge is 0.192 e. The number of ketones is 1. The summed E-state index contributed by atoms with van der Waals surface area (Å²) in [5, 5.41) is 0.284. The summed E-state index contributed by atoms with van der Waals surface area (Å²) in [4.78, 5) is 13.5. The molecule has 0 heterocycles. The maximum atomic E-state index is 12.3. The van der Waals surface area contributed by atoms with E-state index >= 15 is 0 Å². The quantitative estimate of drug-likeness (QED) is 0.340. The van der Waals surface area contributed by atoms with E-state index in [1.807, 2.05) is 18.2 Å². The third-order valence-electron chi connectivity index (χ3n) is 5.46. The number of rotatable bonds is 7. The normalized spacial score (nSPS) is 22.8. The van der Waals surface area contributed by atoms with Crippen molar-refractivity contribution in [2.24, 2.45) is 5.92 Å². The van der Waals surface area contributed by atoms with Crippen molar-refractivity contribution in [3.05, 3.63) is 42.7 Å². The Morgan fingerprint density at radius 1 is 1.19 bits per heavy atom. The minimum absolute atomic E-state index is 0.00823.